The van der Waals surface area contributed by atoms with Crippen LogP contribution < -0.4 is 0 Å². The van der Waals surface area contributed by atoms with Gasteiger partial charge in [0.15, 0.2) is 0 Å². The molecule has 0 spiro atoms. The summed E-state index contributed by atoms with van der Waals surface area (Å²) in [4.78, 5) is 2.53. The summed E-state index contributed by atoms with van der Waals surface area (Å²) in [5.41, 5.74) is 7.64. The number of rotatable bonds is 2. The van der Waals surface area contributed by atoms with E-state index < -0.39 is 0 Å². The Balaban J connectivity index is 2.86. The largest absolute Gasteiger partial charge is 0.159 e. The van der Waals surface area contributed by atoms with Crippen molar-refractivity contribution in [3.63, 3.8) is 0 Å². The lowest BCUT2D eigenvalue weighted by atomic mass is 11.5. The maximum absolute atomic E-state index is 7.64. The molecule has 0 heterocycles. The maximum Gasteiger partial charge on any atom is 0.0718 e. The van der Waals surface area contributed by atoms with Crippen LogP contribution in [0.3, 0.4) is 0 Å². The van der Waals surface area contributed by atoms with Crippen molar-refractivity contribution in [3.8, 4) is 0 Å². The molecule has 4 heteroatoms. The molecule has 0 aliphatic rings. The molecule has 0 fully saturated rings. The Morgan fingerprint density at radius 1 is 2.00 bits per heavy atom. The normalized spacial score (nSPS) is 6.83. The van der Waals surface area contributed by atoms with E-state index in [0.717, 1.165) is 0 Å². The second-order valence-corrected chi connectivity index (χ2v) is 1.48. The smallest absolute Gasteiger partial charge is 0.0718 e. The van der Waals surface area contributed by atoms with Crippen molar-refractivity contribution in [2.24, 2.45) is 5.11 Å². The van der Waals surface area contributed by atoms with Crippen LogP contribution in [0.5, 0.6) is 0 Å². The fraction of sp³-hybridized carbons (Fsp3) is 1.00. The SMILES string of the molecule is CSCN=[N+]=[N-]. The summed E-state index contributed by atoms with van der Waals surface area (Å²) in [6.07, 6.45) is 1.88. The van der Waals surface area contributed by atoms with Gasteiger partial charge in [0, 0.05) is 4.91 Å². The topological polar surface area (TPSA) is 48.8 Å². The molecule has 34 valence electrons. The Hall–Kier alpha value is -0.340. The van der Waals surface area contributed by atoms with Crippen LogP contribution in [0.25, 0.3) is 10.4 Å². The predicted molar refractivity (Wildman–Crippen MR) is 27.5 cm³/mol. The summed E-state index contributed by atoms with van der Waals surface area (Å²) < 4.78 is 0. The molecule has 0 radical (unpaired) electrons. The van der Waals surface area contributed by atoms with Gasteiger partial charge in [-0.05, 0) is 11.8 Å². The van der Waals surface area contributed by atoms with Gasteiger partial charge in [-0.1, -0.05) is 5.11 Å². The highest BCUT2D eigenvalue weighted by molar-refractivity contribution is 7.98. The van der Waals surface area contributed by atoms with Crippen LogP contribution in [0.4, 0.5) is 0 Å². The molecule has 0 aliphatic carbocycles. The summed E-state index contributed by atoms with van der Waals surface area (Å²) >= 11 is 1.51. The molecule has 0 aliphatic heterocycles. The third-order valence-electron chi connectivity index (χ3n) is 0.250. The maximum atomic E-state index is 7.64. The van der Waals surface area contributed by atoms with Gasteiger partial charge >= 0.3 is 0 Å². The van der Waals surface area contributed by atoms with E-state index >= 15 is 0 Å². The molecule has 0 rings (SSSR count). The molecule has 0 aromatic heterocycles. The minimum atomic E-state index is 0.538. The molecule has 0 aromatic carbocycles. The van der Waals surface area contributed by atoms with Gasteiger partial charge in [0.1, 0.15) is 0 Å². The van der Waals surface area contributed by atoms with Crippen LogP contribution >= 0.6 is 11.8 Å². The van der Waals surface area contributed by atoms with Crippen molar-refractivity contribution >= 4 is 11.8 Å². The first-order valence-corrected chi connectivity index (χ1v) is 2.81. The van der Waals surface area contributed by atoms with Crippen LogP contribution in [-0.4, -0.2) is 12.1 Å². The van der Waals surface area contributed by atoms with Crippen molar-refractivity contribution < 1.29 is 0 Å². The van der Waals surface area contributed by atoms with E-state index in [4.69, 9.17) is 5.53 Å². The Morgan fingerprint density at radius 2 is 2.67 bits per heavy atom. The van der Waals surface area contributed by atoms with E-state index in [1.807, 2.05) is 6.26 Å². The molecule has 0 aromatic rings. The predicted octanol–water partition coefficient (Wildman–Crippen LogP) is 1.62. The van der Waals surface area contributed by atoms with E-state index in [9.17, 15) is 0 Å². The van der Waals surface area contributed by atoms with Crippen LogP contribution in [-0.2, 0) is 0 Å². The molecule has 0 unspecified atom stereocenters. The first-order chi connectivity index (χ1) is 2.91. The molecule has 0 bridgehead atoms. The number of hydrogen-bond acceptors (Lipinski definition) is 2. The molecule has 6 heavy (non-hydrogen) atoms. The first-order valence-electron chi connectivity index (χ1n) is 1.41. The molecule has 0 atom stereocenters. The summed E-state index contributed by atoms with van der Waals surface area (Å²) in [5.74, 6) is 0.538. The minimum Gasteiger partial charge on any atom is -0.159 e. The molecular weight excluding hydrogens is 98.1 g/mol. The number of thioether (sulfide) groups is 1. The van der Waals surface area contributed by atoms with Gasteiger partial charge in [0.05, 0.1) is 5.88 Å². The van der Waals surface area contributed by atoms with Gasteiger partial charge in [0.2, 0.25) is 0 Å². The molecule has 3 nitrogen and oxygen atoms in total. The van der Waals surface area contributed by atoms with Gasteiger partial charge in [-0.25, -0.2) is 0 Å². The Labute approximate surface area is 40.4 Å². The Kier molecular flexibility index (Phi) is 4.40. The molecule has 0 amide bonds. The van der Waals surface area contributed by atoms with Crippen molar-refractivity contribution in [3.05, 3.63) is 10.4 Å². The van der Waals surface area contributed by atoms with Crippen molar-refractivity contribution in [2.45, 2.75) is 0 Å². The standard InChI is InChI=1S/C2H5N3S/c1-6-2-4-5-3/h2H2,1H3. The number of nitrogens with zero attached hydrogens (tertiary/aromatic N) is 3. The third-order valence-corrected chi connectivity index (χ3v) is 0.624. The van der Waals surface area contributed by atoms with E-state index in [0.29, 0.717) is 5.88 Å². The van der Waals surface area contributed by atoms with Crippen LogP contribution in [0.2, 0.25) is 0 Å². The third kappa shape index (κ3) is 3.66. The number of azide groups is 1. The van der Waals surface area contributed by atoms with E-state index in [-0.39, 0.29) is 0 Å². The molecule has 0 saturated heterocycles. The second-order valence-electron chi connectivity index (χ2n) is 0.649. The van der Waals surface area contributed by atoms with Gasteiger partial charge in [0.25, 0.3) is 0 Å². The van der Waals surface area contributed by atoms with Crippen molar-refractivity contribution in [1.29, 1.82) is 0 Å². The van der Waals surface area contributed by atoms with Gasteiger partial charge in [-0.15, -0.1) is 0 Å². The highest BCUT2D eigenvalue weighted by Crippen LogP contribution is 1.89. The fourth-order valence-corrected chi connectivity index (χ4v) is 0.251. The molecular formula is C2H5N3S. The van der Waals surface area contributed by atoms with Crippen molar-refractivity contribution in [2.75, 3.05) is 12.1 Å². The summed E-state index contributed by atoms with van der Waals surface area (Å²) in [6.45, 7) is 0. The Morgan fingerprint density at radius 3 is 2.83 bits per heavy atom. The van der Waals surface area contributed by atoms with Gasteiger partial charge in [-0.3, -0.25) is 0 Å². The van der Waals surface area contributed by atoms with E-state index in [1.54, 1.807) is 0 Å². The molecule has 0 N–H and O–H groups in total. The first kappa shape index (κ1) is 5.66. The lowest BCUT2D eigenvalue weighted by Gasteiger charge is -1.72. The van der Waals surface area contributed by atoms with Crippen molar-refractivity contribution in [1.82, 2.24) is 0 Å². The van der Waals surface area contributed by atoms with Crippen LogP contribution in [0.1, 0.15) is 0 Å². The Bertz CT molecular complexity index is 65.2. The minimum absolute atomic E-state index is 0.538. The zero-order valence-corrected chi connectivity index (χ0v) is 4.27. The summed E-state index contributed by atoms with van der Waals surface area (Å²) in [5, 5.41) is 3.23. The van der Waals surface area contributed by atoms with Crippen LogP contribution in [0.15, 0.2) is 5.11 Å². The summed E-state index contributed by atoms with van der Waals surface area (Å²) in [7, 11) is 0. The number of hydrogen-bond donors (Lipinski definition) is 0. The van der Waals surface area contributed by atoms with Gasteiger partial charge < -0.3 is 0 Å². The fourth-order valence-electron chi connectivity index (χ4n) is 0.0836. The van der Waals surface area contributed by atoms with E-state index in [2.05, 4.69) is 10.0 Å². The monoisotopic (exact) mass is 103 g/mol. The summed E-state index contributed by atoms with van der Waals surface area (Å²) in [6, 6.07) is 0. The highest BCUT2D eigenvalue weighted by atomic mass is 32.2. The molecule has 0 saturated carbocycles. The lowest BCUT2D eigenvalue weighted by molar-refractivity contribution is 1.34. The van der Waals surface area contributed by atoms with Crippen LogP contribution in [0, 0.1) is 0 Å². The zero-order valence-electron chi connectivity index (χ0n) is 3.46. The second kappa shape index (κ2) is 4.66. The lowest BCUT2D eigenvalue weighted by Crippen LogP contribution is -1.57. The zero-order chi connectivity index (χ0) is 4.83. The average molecular weight is 103 g/mol. The average Bonchev–Trinajstić information content (AvgIpc) is 1.61. The quantitative estimate of drug-likeness (QED) is 0.297. The van der Waals surface area contributed by atoms with Gasteiger partial charge in [-0.2, -0.15) is 11.8 Å². The van der Waals surface area contributed by atoms with E-state index in [1.165, 1.54) is 11.8 Å². The highest BCUT2D eigenvalue weighted by Gasteiger charge is 1.65.